The van der Waals surface area contributed by atoms with Crippen LogP contribution >= 0.6 is 23.2 Å². The molecule has 2 amide bonds. The van der Waals surface area contributed by atoms with Gasteiger partial charge < -0.3 is 10.2 Å². The highest BCUT2D eigenvalue weighted by Crippen LogP contribution is 2.24. The molecule has 0 saturated heterocycles. The summed E-state index contributed by atoms with van der Waals surface area (Å²) < 4.78 is 39.1. The Balaban J connectivity index is 2.38. The van der Waals surface area contributed by atoms with Crippen LogP contribution in [-0.2, 0) is 26.2 Å². The van der Waals surface area contributed by atoms with Gasteiger partial charge in [0, 0.05) is 13.1 Å². The highest BCUT2D eigenvalue weighted by molar-refractivity contribution is 7.92. The lowest BCUT2D eigenvalue weighted by Crippen LogP contribution is -2.51. The van der Waals surface area contributed by atoms with Crippen molar-refractivity contribution in [3.8, 4) is 0 Å². The number of halogens is 3. The fourth-order valence-corrected chi connectivity index (χ4v) is 4.26. The number of rotatable bonds is 10. The molecule has 0 aliphatic heterocycles. The van der Waals surface area contributed by atoms with E-state index in [9.17, 15) is 22.4 Å². The van der Waals surface area contributed by atoms with Gasteiger partial charge in [0.2, 0.25) is 21.8 Å². The number of carbonyl (C=O) groups is 2. The SMILES string of the molecule is CC(C)CNC(=O)[C@H](C)N(Cc1ccc(Cl)c(Cl)c1)C(=O)CN(c1ccc(F)cc1)S(C)(=O)=O. The monoisotopic (exact) mass is 531 g/mol. The maximum Gasteiger partial charge on any atom is 0.244 e. The summed E-state index contributed by atoms with van der Waals surface area (Å²) >= 11 is 12.1. The van der Waals surface area contributed by atoms with Gasteiger partial charge in [-0.15, -0.1) is 0 Å². The minimum atomic E-state index is -3.89. The molecule has 0 spiro atoms. The Bertz CT molecular complexity index is 1130. The molecule has 0 aromatic heterocycles. The van der Waals surface area contributed by atoms with E-state index in [4.69, 9.17) is 23.2 Å². The molecule has 0 bridgehead atoms. The van der Waals surface area contributed by atoms with Gasteiger partial charge in [0.25, 0.3) is 0 Å². The molecule has 34 heavy (non-hydrogen) atoms. The van der Waals surface area contributed by atoms with Gasteiger partial charge in [-0.25, -0.2) is 12.8 Å². The van der Waals surface area contributed by atoms with Crippen molar-refractivity contribution < 1.29 is 22.4 Å². The number of sulfonamides is 1. The molecule has 2 aromatic rings. The fraction of sp³-hybridized carbons (Fsp3) is 0.391. The average Bonchev–Trinajstić information content (AvgIpc) is 2.75. The van der Waals surface area contributed by atoms with Crippen molar-refractivity contribution in [3.63, 3.8) is 0 Å². The zero-order valence-electron chi connectivity index (χ0n) is 19.4. The Morgan fingerprint density at radius 2 is 1.65 bits per heavy atom. The maximum absolute atomic E-state index is 13.4. The van der Waals surface area contributed by atoms with E-state index in [0.29, 0.717) is 17.1 Å². The van der Waals surface area contributed by atoms with E-state index >= 15 is 0 Å². The molecule has 2 rings (SSSR count). The van der Waals surface area contributed by atoms with Crippen molar-refractivity contribution in [2.45, 2.75) is 33.4 Å². The minimum absolute atomic E-state index is 0.00694. The number of nitrogens with zero attached hydrogens (tertiary/aromatic N) is 2. The summed E-state index contributed by atoms with van der Waals surface area (Å²) in [6, 6.07) is 8.67. The summed E-state index contributed by atoms with van der Waals surface area (Å²) in [6.45, 7) is 5.28. The highest BCUT2D eigenvalue weighted by Gasteiger charge is 2.30. The number of hydrogen-bond acceptors (Lipinski definition) is 4. The smallest absolute Gasteiger partial charge is 0.244 e. The molecule has 1 N–H and O–H groups in total. The van der Waals surface area contributed by atoms with E-state index in [1.54, 1.807) is 25.1 Å². The summed E-state index contributed by atoms with van der Waals surface area (Å²) in [5.41, 5.74) is 0.739. The summed E-state index contributed by atoms with van der Waals surface area (Å²) in [5.74, 6) is -1.34. The van der Waals surface area contributed by atoms with Crippen LogP contribution in [0, 0.1) is 11.7 Å². The quantitative estimate of drug-likeness (QED) is 0.500. The fourth-order valence-electron chi connectivity index (χ4n) is 3.09. The molecule has 7 nitrogen and oxygen atoms in total. The number of hydrogen-bond donors (Lipinski definition) is 1. The Labute approximate surface area is 209 Å². The first-order valence-corrected chi connectivity index (χ1v) is 13.1. The second-order valence-corrected chi connectivity index (χ2v) is 11.1. The molecule has 186 valence electrons. The molecule has 0 saturated carbocycles. The second kappa shape index (κ2) is 11.9. The third kappa shape index (κ3) is 7.85. The third-order valence-electron chi connectivity index (χ3n) is 4.98. The number of anilines is 1. The van der Waals surface area contributed by atoms with E-state index in [1.165, 1.54) is 17.0 Å². The Kier molecular flexibility index (Phi) is 9.73. The number of carbonyl (C=O) groups excluding carboxylic acids is 2. The van der Waals surface area contributed by atoms with Gasteiger partial charge in [-0.1, -0.05) is 43.1 Å². The molecule has 1 atom stereocenters. The standard InChI is InChI=1S/C23H28Cl2FN3O4S/c1-15(2)12-27-23(31)16(3)28(13-17-5-10-20(24)21(25)11-17)22(30)14-29(34(4,32)33)19-8-6-18(26)7-9-19/h5-11,15-16H,12-14H2,1-4H3,(H,27,31)/t16-/m0/s1. The molecule has 0 radical (unpaired) electrons. The minimum Gasteiger partial charge on any atom is -0.354 e. The van der Waals surface area contributed by atoms with Crippen LogP contribution in [0.4, 0.5) is 10.1 Å². The van der Waals surface area contributed by atoms with Crippen molar-refractivity contribution in [1.82, 2.24) is 10.2 Å². The van der Waals surface area contributed by atoms with E-state index in [0.717, 1.165) is 22.7 Å². The van der Waals surface area contributed by atoms with Crippen LogP contribution < -0.4 is 9.62 Å². The lowest BCUT2D eigenvalue weighted by atomic mass is 10.1. The maximum atomic E-state index is 13.4. The van der Waals surface area contributed by atoms with E-state index in [1.807, 2.05) is 13.8 Å². The Morgan fingerprint density at radius 1 is 1.03 bits per heavy atom. The lowest BCUT2D eigenvalue weighted by molar-refractivity contribution is -0.139. The molecule has 11 heteroatoms. The molecule has 0 fully saturated rings. The van der Waals surface area contributed by atoms with Gasteiger partial charge in [0.05, 0.1) is 22.0 Å². The third-order valence-corrected chi connectivity index (χ3v) is 6.86. The Hall–Kier alpha value is -2.36. The predicted octanol–water partition coefficient (Wildman–Crippen LogP) is 4.09. The van der Waals surface area contributed by atoms with Crippen molar-refractivity contribution in [3.05, 3.63) is 63.9 Å². The number of amides is 2. The first-order valence-electron chi connectivity index (χ1n) is 10.5. The predicted molar refractivity (Wildman–Crippen MR) is 133 cm³/mol. The topological polar surface area (TPSA) is 86.8 Å². The van der Waals surface area contributed by atoms with Crippen LogP contribution in [0.25, 0.3) is 0 Å². The lowest BCUT2D eigenvalue weighted by Gasteiger charge is -2.31. The van der Waals surface area contributed by atoms with Crippen LogP contribution in [0.5, 0.6) is 0 Å². The van der Waals surface area contributed by atoms with Gasteiger partial charge in [0.1, 0.15) is 18.4 Å². The first kappa shape index (κ1) is 27.9. The van der Waals surface area contributed by atoms with Crippen LogP contribution in [0.2, 0.25) is 10.0 Å². The first-order chi connectivity index (χ1) is 15.8. The van der Waals surface area contributed by atoms with Gasteiger partial charge in [-0.05, 0) is 54.8 Å². The van der Waals surface area contributed by atoms with Crippen LogP contribution in [0.3, 0.4) is 0 Å². The van der Waals surface area contributed by atoms with E-state index in [2.05, 4.69) is 5.32 Å². The van der Waals surface area contributed by atoms with Crippen molar-refractivity contribution in [2.24, 2.45) is 5.92 Å². The van der Waals surface area contributed by atoms with Gasteiger partial charge in [-0.3, -0.25) is 13.9 Å². The molecule has 0 aliphatic carbocycles. The molecule has 0 aliphatic rings. The molecule has 0 unspecified atom stereocenters. The molecular weight excluding hydrogens is 504 g/mol. The number of nitrogens with one attached hydrogen (secondary N) is 1. The second-order valence-electron chi connectivity index (χ2n) is 8.33. The summed E-state index contributed by atoms with van der Waals surface area (Å²) in [4.78, 5) is 27.4. The van der Waals surface area contributed by atoms with Crippen LogP contribution in [0.15, 0.2) is 42.5 Å². The largest absolute Gasteiger partial charge is 0.354 e. The van der Waals surface area contributed by atoms with Crippen molar-refractivity contribution >= 4 is 50.7 Å². The van der Waals surface area contributed by atoms with Crippen LogP contribution in [-0.4, -0.2) is 50.5 Å². The van der Waals surface area contributed by atoms with Gasteiger partial charge in [-0.2, -0.15) is 0 Å². The normalized spacial score (nSPS) is 12.4. The molecule has 2 aromatic carbocycles. The summed E-state index contributed by atoms with van der Waals surface area (Å²) in [6.07, 6.45) is 0.950. The molecular formula is C23H28Cl2FN3O4S. The highest BCUT2D eigenvalue weighted by atomic mass is 35.5. The van der Waals surface area contributed by atoms with Gasteiger partial charge in [0.15, 0.2) is 0 Å². The van der Waals surface area contributed by atoms with Crippen molar-refractivity contribution in [1.29, 1.82) is 0 Å². The molecule has 0 heterocycles. The summed E-state index contributed by atoms with van der Waals surface area (Å²) in [7, 11) is -3.89. The van der Waals surface area contributed by atoms with Gasteiger partial charge >= 0.3 is 0 Å². The Morgan fingerprint density at radius 3 is 2.18 bits per heavy atom. The van der Waals surface area contributed by atoms with Crippen molar-refractivity contribution in [2.75, 3.05) is 23.7 Å². The zero-order valence-corrected chi connectivity index (χ0v) is 21.7. The van der Waals surface area contributed by atoms with Crippen LogP contribution in [0.1, 0.15) is 26.3 Å². The summed E-state index contributed by atoms with van der Waals surface area (Å²) in [5, 5.41) is 3.41. The zero-order chi connectivity index (χ0) is 25.6. The number of benzene rings is 2. The van der Waals surface area contributed by atoms with E-state index < -0.39 is 34.3 Å². The van der Waals surface area contributed by atoms with E-state index in [-0.39, 0.29) is 29.1 Å². The average molecular weight is 532 g/mol.